The van der Waals surface area contributed by atoms with Crippen LogP contribution in [0.1, 0.15) is 24.5 Å². The first-order valence-corrected chi connectivity index (χ1v) is 8.02. The summed E-state index contributed by atoms with van der Waals surface area (Å²) in [6.07, 6.45) is 0.0906. The fraction of sp³-hybridized carbons (Fsp3) is 0.263. The van der Waals surface area contributed by atoms with Crippen LogP contribution in [0.5, 0.6) is 5.75 Å². The van der Waals surface area contributed by atoms with Crippen molar-refractivity contribution in [2.75, 3.05) is 10.6 Å². The van der Waals surface area contributed by atoms with Crippen molar-refractivity contribution >= 4 is 23.2 Å². The highest BCUT2D eigenvalue weighted by Gasteiger charge is 2.29. The lowest BCUT2D eigenvalue weighted by atomic mass is 10.1. The van der Waals surface area contributed by atoms with Crippen molar-refractivity contribution < 1.29 is 14.3 Å². The van der Waals surface area contributed by atoms with E-state index in [0.29, 0.717) is 17.1 Å². The molecule has 0 fully saturated rings. The van der Waals surface area contributed by atoms with Gasteiger partial charge in [0.15, 0.2) is 6.10 Å². The molecule has 1 aliphatic rings. The molecule has 0 spiro atoms. The normalized spacial score (nSPS) is 15.9. The largest absolute Gasteiger partial charge is 0.478 e. The van der Waals surface area contributed by atoms with Gasteiger partial charge in [0, 0.05) is 5.69 Å². The number of benzene rings is 2. The number of anilines is 2. The Hall–Kier alpha value is -2.82. The van der Waals surface area contributed by atoms with Gasteiger partial charge in [0.2, 0.25) is 5.91 Å². The first kappa shape index (κ1) is 16.1. The highest BCUT2D eigenvalue weighted by molar-refractivity contribution is 6.02. The molecule has 0 saturated carbocycles. The molecule has 0 saturated heterocycles. The van der Waals surface area contributed by atoms with Crippen LogP contribution < -0.4 is 15.4 Å². The molecule has 5 nitrogen and oxygen atoms in total. The maximum atomic E-state index is 12.2. The lowest BCUT2D eigenvalue weighted by Crippen LogP contribution is -2.39. The van der Waals surface area contributed by atoms with E-state index in [0.717, 1.165) is 12.0 Å². The SMILES string of the molecule is CCc1ccc(NC(=O)C[C@H]2Oc3ccc(C)cc3NC2=O)cc1. The number of hydrogen-bond acceptors (Lipinski definition) is 3. The number of carbonyl (C=O) groups excluding carboxylic acids is 2. The van der Waals surface area contributed by atoms with Crippen LogP contribution in [0.3, 0.4) is 0 Å². The Morgan fingerprint density at radius 1 is 1.21 bits per heavy atom. The molecule has 0 radical (unpaired) electrons. The van der Waals surface area contributed by atoms with Crippen LogP contribution in [0.4, 0.5) is 11.4 Å². The fourth-order valence-electron chi connectivity index (χ4n) is 2.60. The molecule has 0 aromatic heterocycles. The van der Waals surface area contributed by atoms with Crippen molar-refractivity contribution in [3.05, 3.63) is 53.6 Å². The average Bonchev–Trinajstić information content (AvgIpc) is 2.56. The molecule has 1 aliphatic heterocycles. The lowest BCUT2D eigenvalue weighted by Gasteiger charge is -2.25. The molecular weight excluding hydrogens is 304 g/mol. The van der Waals surface area contributed by atoms with E-state index in [4.69, 9.17) is 4.74 Å². The molecule has 2 N–H and O–H groups in total. The van der Waals surface area contributed by atoms with E-state index < -0.39 is 6.10 Å². The summed E-state index contributed by atoms with van der Waals surface area (Å²) in [5.74, 6) is 0.0323. The number of hydrogen-bond donors (Lipinski definition) is 2. The van der Waals surface area contributed by atoms with Crippen LogP contribution in [0.25, 0.3) is 0 Å². The average molecular weight is 324 g/mol. The molecule has 2 aromatic rings. The van der Waals surface area contributed by atoms with Gasteiger partial charge in [0.1, 0.15) is 5.75 Å². The second-order valence-electron chi connectivity index (χ2n) is 5.90. The van der Waals surface area contributed by atoms with Crippen molar-refractivity contribution in [2.45, 2.75) is 32.8 Å². The third-order valence-electron chi connectivity index (χ3n) is 3.97. The molecule has 2 aromatic carbocycles. The summed E-state index contributed by atoms with van der Waals surface area (Å²) in [4.78, 5) is 24.3. The summed E-state index contributed by atoms with van der Waals surface area (Å²) in [6.45, 7) is 4.02. The van der Waals surface area contributed by atoms with E-state index in [9.17, 15) is 9.59 Å². The Kier molecular flexibility index (Phi) is 4.51. The minimum atomic E-state index is -0.824. The molecule has 5 heteroatoms. The first-order valence-electron chi connectivity index (χ1n) is 8.02. The van der Waals surface area contributed by atoms with Gasteiger partial charge in [-0.15, -0.1) is 0 Å². The molecule has 3 rings (SSSR count). The zero-order valence-electron chi connectivity index (χ0n) is 13.8. The van der Waals surface area contributed by atoms with Crippen LogP contribution in [0, 0.1) is 6.92 Å². The second kappa shape index (κ2) is 6.74. The Morgan fingerprint density at radius 3 is 2.67 bits per heavy atom. The highest BCUT2D eigenvalue weighted by atomic mass is 16.5. The Bertz CT molecular complexity index is 769. The number of ether oxygens (including phenoxy) is 1. The van der Waals surface area contributed by atoms with E-state index in [1.54, 1.807) is 6.07 Å². The number of carbonyl (C=O) groups is 2. The molecule has 2 amide bonds. The fourth-order valence-corrected chi connectivity index (χ4v) is 2.60. The summed E-state index contributed by atoms with van der Waals surface area (Å²) in [5.41, 5.74) is 3.59. The summed E-state index contributed by atoms with van der Waals surface area (Å²) in [7, 11) is 0. The van der Waals surface area contributed by atoms with Crippen LogP contribution in [0.2, 0.25) is 0 Å². The number of fused-ring (bicyclic) bond motifs is 1. The monoisotopic (exact) mass is 324 g/mol. The van der Waals surface area contributed by atoms with Crippen molar-refractivity contribution in [3.8, 4) is 5.75 Å². The maximum absolute atomic E-state index is 12.2. The maximum Gasteiger partial charge on any atom is 0.266 e. The number of nitrogens with one attached hydrogen (secondary N) is 2. The van der Waals surface area contributed by atoms with E-state index in [1.807, 2.05) is 43.3 Å². The van der Waals surface area contributed by atoms with Crippen molar-refractivity contribution in [1.29, 1.82) is 0 Å². The third kappa shape index (κ3) is 3.56. The van der Waals surface area contributed by atoms with Gasteiger partial charge in [0.05, 0.1) is 12.1 Å². The summed E-state index contributed by atoms with van der Waals surface area (Å²) in [5, 5.41) is 5.59. The van der Waals surface area contributed by atoms with Crippen molar-refractivity contribution in [2.24, 2.45) is 0 Å². The van der Waals surface area contributed by atoms with E-state index in [1.165, 1.54) is 5.56 Å². The zero-order valence-corrected chi connectivity index (χ0v) is 13.8. The van der Waals surface area contributed by atoms with Crippen molar-refractivity contribution in [3.63, 3.8) is 0 Å². The minimum Gasteiger partial charge on any atom is -0.478 e. The van der Waals surface area contributed by atoms with E-state index in [2.05, 4.69) is 17.6 Å². The van der Waals surface area contributed by atoms with Crippen LogP contribution in [-0.4, -0.2) is 17.9 Å². The standard InChI is InChI=1S/C19H20N2O3/c1-3-13-5-7-14(8-6-13)20-18(22)11-17-19(23)21-15-10-12(2)4-9-16(15)24-17/h4-10,17H,3,11H2,1-2H3,(H,20,22)(H,21,23)/t17-/m1/s1. The first-order chi connectivity index (χ1) is 11.5. The molecule has 1 atom stereocenters. The van der Waals surface area contributed by atoms with Gasteiger partial charge >= 0.3 is 0 Å². The summed E-state index contributed by atoms with van der Waals surface area (Å²) < 4.78 is 5.67. The highest BCUT2D eigenvalue weighted by Crippen LogP contribution is 2.31. The van der Waals surface area contributed by atoms with Crippen LogP contribution in [0.15, 0.2) is 42.5 Å². The van der Waals surface area contributed by atoms with Gasteiger partial charge in [-0.3, -0.25) is 9.59 Å². The third-order valence-corrected chi connectivity index (χ3v) is 3.97. The summed E-state index contributed by atoms with van der Waals surface area (Å²) >= 11 is 0. The van der Waals surface area contributed by atoms with Crippen molar-refractivity contribution in [1.82, 2.24) is 0 Å². The van der Waals surface area contributed by atoms with E-state index >= 15 is 0 Å². The van der Waals surface area contributed by atoms with Gasteiger partial charge in [-0.05, 0) is 48.7 Å². The van der Waals surface area contributed by atoms with Crippen LogP contribution in [-0.2, 0) is 16.0 Å². The van der Waals surface area contributed by atoms with Gasteiger partial charge in [-0.1, -0.05) is 25.1 Å². The lowest BCUT2D eigenvalue weighted by molar-refractivity contribution is -0.128. The predicted molar refractivity (Wildman–Crippen MR) is 93.3 cm³/mol. The van der Waals surface area contributed by atoms with Gasteiger partial charge in [0.25, 0.3) is 5.91 Å². The van der Waals surface area contributed by atoms with Gasteiger partial charge in [-0.2, -0.15) is 0 Å². The number of amides is 2. The smallest absolute Gasteiger partial charge is 0.266 e. The molecule has 0 unspecified atom stereocenters. The van der Waals surface area contributed by atoms with Gasteiger partial charge in [-0.25, -0.2) is 0 Å². The Labute approximate surface area is 141 Å². The topological polar surface area (TPSA) is 67.4 Å². The molecule has 0 aliphatic carbocycles. The van der Waals surface area contributed by atoms with E-state index in [-0.39, 0.29) is 18.2 Å². The molecule has 24 heavy (non-hydrogen) atoms. The second-order valence-corrected chi connectivity index (χ2v) is 5.90. The summed E-state index contributed by atoms with van der Waals surface area (Å²) in [6, 6.07) is 13.2. The number of aryl methyl sites for hydroxylation is 2. The molecule has 0 bridgehead atoms. The van der Waals surface area contributed by atoms with Gasteiger partial charge < -0.3 is 15.4 Å². The predicted octanol–water partition coefficient (Wildman–Crippen LogP) is 3.29. The minimum absolute atomic E-state index is 0.0331. The Balaban J connectivity index is 1.63. The quantitative estimate of drug-likeness (QED) is 0.907. The molecular formula is C19H20N2O3. The zero-order chi connectivity index (χ0) is 17.1. The Morgan fingerprint density at radius 2 is 1.96 bits per heavy atom. The number of rotatable bonds is 4. The molecule has 124 valence electrons. The van der Waals surface area contributed by atoms with Crippen LogP contribution >= 0.6 is 0 Å². The molecule has 1 heterocycles.